The molecule has 1 N–H and O–H groups in total. The van der Waals surface area contributed by atoms with Gasteiger partial charge in [0.05, 0.1) is 12.6 Å². The van der Waals surface area contributed by atoms with Crippen LogP contribution in [-0.4, -0.2) is 19.3 Å². The monoisotopic (exact) mass is 243 g/mol. The van der Waals surface area contributed by atoms with Crippen LogP contribution in [0.25, 0.3) is 0 Å². The van der Waals surface area contributed by atoms with Crippen LogP contribution in [0.5, 0.6) is 0 Å². The topological polar surface area (TPSA) is 34.4 Å². The molecule has 1 aliphatic rings. The van der Waals surface area contributed by atoms with Crippen molar-refractivity contribution in [2.45, 2.75) is 44.4 Å². The summed E-state index contributed by atoms with van der Waals surface area (Å²) < 4.78 is 10.8. The highest BCUT2D eigenvalue weighted by Crippen LogP contribution is 2.21. The number of furan rings is 1. The van der Waals surface area contributed by atoms with Crippen molar-refractivity contribution in [1.82, 2.24) is 5.32 Å². The quantitative estimate of drug-likeness (QED) is 0.883. The molecule has 1 saturated carbocycles. The molecule has 90 valence electrons. The molecule has 3 nitrogen and oxygen atoms in total. The van der Waals surface area contributed by atoms with Crippen LogP contribution in [0.15, 0.2) is 16.5 Å². The van der Waals surface area contributed by atoms with E-state index in [0.717, 1.165) is 18.7 Å². The van der Waals surface area contributed by atoms with Crippen LogP contribution in [0.2, 0.25) is 5.22 Å². The Bertz CT molecular complexity index is 327. The van der Waals surface area contributed by atoms with Crippen molar-refractivity contribution in [3.8, 4) is 0 Å². The Morgan fingerprint density at radius 1 is 1.44 bits per heavy atom. The van der Waals surface area contributed by atoms with Gasteiger partial charge in [0, 0.05) is 13.2 Å². The third-order valence-corrected chi connectivity index (χ3v) is 3.38. The summed E-state index contributed by atoms with van der Waals surface area (Å²) in [6.45, 7) is 0.719. The molecule has 2 unspecified atom stereocenters. The molecule has 1 aromatic rings. The lowest BCUT2D eigenvalue weighted by atomic mass is 9.92. The Labute approximate surface area is 101 Å². The van der Waals surface area contributed by atoms with E-state index in [4.69, 9.17) is 20.8 Å². The summed E-state index contributed by atoms with van der Waals surface area (Å²) in [4.78, 5) is 0. The fourth-order valence-corrected chi connectivity index (χ4v) is 2.45. The molecule has 1 heterocycles. The molecule has 16 heavy (non-hydrogen) atoms. The van der Waals surface area contributed by atoms with Gasteiger partial charge in [0.15, 0.2) is 5.22 Å². The number of hydrogen-bond acceptors (Lipinski definition) is 3. The van der Waals surface area contributed by atoms with Crippen LogP contribution in [0, 0.1) is 0 Å². The summed E-state index contributed by atoms with van der Waals surface area (Å²) in [6, 6.07) is 4.11. The fraction of sp³-hybridized carbons (Fsp3) is 0.667. The summed E-state index contributed by atoms with van der Waals surface area (Å²) in [5.74, 6) is 0.880. The first-order valence-corrected chi connectivity index (χ1v) is 6.18. The van der Waals surface area contributed by atoms with E-state index in [1.807, 2.05) is 6.07 Å². The molecular weight excluding hydrogens is 226 g/mol. The summed E-state index contributed by atoms with van der Waals surface area (Å²) in [5.41, 5.74) is 0. The molecule has 0 amide bonds. The molecule has 2 atom stereocenters. The maximum Gasteiger partial charge on any atom is 0.193 e. The second kappa shape index (κ2) is 5.71. The lowest BCUT2D eigenvalue weighted by Crippen LogP contribution is -2.42. The van der Waals surface area contributed by atoms with Gasteiger partial charge in [-0.05, 0) is 36.6 Å². The Morgan fingerprint density at radius 2 is 2.25 bits per heavy atom. The van der Waals surface area contributed by atoms with E-state index in [-0.39, 0.29) is 0 Å². The maximum atomic E-state index is 5.72. The average molecular weight is 244 g/mol. The molecular formula is C12H18ClNO2. The fourth-order valence-electron chi connectivity index (χ4n) is 2.29. The average Bonchev–Trinajstić information content (AvgIpc) is 2.73. The summed E-state index contributed by atoms with van der Waals surface area (Å²) >= 11 is 5.72. The highest BCUT2D eigenvalue weighted by atomic mass is 35.5. The van der Waals surface area contributed by atoms with Crippen LogP contribution in [-0.2, 0) is 11.3 Å². The minimum Gasteiger partial charge on any atom is -0.448 e. The molecule has 1 aliphatic carbocycles. The zero-order valence-corrected chi connectivity index (χ0v) is 10.3. The van der Waals surface area contributed by atoms with Gasteiger partial charge in [-0.1, -0.05) is 12.8 Å². The summed E-state index contributed by atoms with van der Waals surface area (Å²) in [5, 5.41) is 3.92. The minimum atomic E-state index is 0.333. The Kier molecular flexibility index (Phi) is 4.27. The van der Waals surface area contributed by atoms with Crippen molar-refractivity contribution in [3.05, 3.63) is 23.1 Å². The van der Waals surface area contributed by atoms with E-state index in [1.54, 1.807) is 13.2 Å². The Morgan fingerprint density at radius 3 is 2.94 bits per heavy atom. The third-order valence-electron chi connectivity index (χ3n) is 3.17. The van der Waals surface area contributed by atoms with Crippen molar-refractivity contribution >= 4 is 11.6 Å². The predicted molar refractivity (Wildman–Crippen MR) is 63.6 cm³/mol. The second-order valence-corrected chi connectivity index (χ2v) is 4.62. The van der Waals surface area contributed by atoms with Crippen molar-refractivity contribution in [3.63, 3.8) is 0 Å². The van der Waals surface area contributed by atoms with E-state index >= 15 is 0 Å². The molecule has 1 fully saturated rings. The molecule has 0 aromatic carbocycles. The molecule has 0 bridgehead atoms. The van der Waals surface area contributed by atoms with Crippen LogP contribution >= 0.6 is 11.6 Å². The van der Waals surface area contributed by atoms with E-state index in [2.05, 4.69) is 5.32 Å². The number of nitrogens with one attached hydrogen (secondary N) is 1. The lowest BCUT2D eigenvalue weighted by Gasteiger charge is -2.30. The smallest absolute Gasteiger partial charge is 0.193 e. The van der Waals surface area contributed by atoms with E-state index in [1.165, 1.54) is 19.3 Å². The number of methoxy groups -OCH3 is 1. The number of ether oxygens (including phenoxy) is 1. The second-order valence-electron chi connectivity index (χ2n) is 4.25. The van der Waals surface area contributed by atoms with Gasteiger partial charge in [-0.25, -0.2) is 0 Å². The molecule has 0 saturated heterocycles. The van der Waals surface area contributed by atoms with Crippen molar-refractivity contribution in [2.75, 3.05) is 7.11 Å². The highest BCUT2D eigenvalue weighted by molar-refractivity contribution is 6.28. The molecule has 2 rings (SSSR count). The van der Waals surface area contributed by atoms with Crippen LogP contribution in [0.3, 0.4) is 0 Å². The molecule has 0 spiro atoms. The van der Waals surface area contributed by atoms with Gasteiger partial charge in [-0.2, -0.15) is 0 Å². The summed E-state index contributed by atoms with van der Waals surface area (Å²) in [6.07, 6.45) is 5.19. The Hall–Kier alpha value is -0.510. The predicted octanol–water partition coefficient (Wildman–Crippen LogP) is 2.98. The van der Waals surface area contributed by atoms with Crippen molar-refractivity contribution in [2.24, 2.45) is 0 Å². The minimum absolute atomic E-state index is 0.333. The van der Waals surface area contributed by atoms with Gasteiger partial charge in [-0.3, -0.25) is 0 Å². The van der Waals surface area contributed by atoms with Crippen LogP contribution < -0.4 is 5.32 Å². The van der Waals surface area contributed by atoms with Gasteiger partial charge in [0.2, 0.25) is 0 Å². The van der Waals surface area contributed by atoms with Gasteiger partial charge >= 0.3 is 0 Å². The molecule has 1 aromatic heterocycles. The standard InChI is InChI=1S/C12H18ClNO2/c1-15-11-5-3-2-4-10(11)14-8-9-6-7-12(13)16-9/h6-7,10-11,14H,2-5,8H2,1H3. The van der Waals surface area contributed by atoms with E-state index in [9.17, 15) is 0 Å². The number of rotatable bonds is 4. The van der Waals surface area contributed by atoms with Gasteiger partial charge in [0.25, 0.3) is 0 Å². The van der Waals surface area contributed by atoms with Gasteiger partial charge in [-0.15, -0.1) is 0 Å². The molecule has 0 radical (unpaired) electrons. The van der Waals surface area contributed by atoms with Crippen molar-refractivity contribution < 1.29 is 9.15 Å². The first-order valence-electron chi connectivity index (χ1n) is 5.80. The van der Waals surface area contributed by atoms with Crippen LogP contribution in [0.1, 0.15) is 31.4 Å². The third kappa shape index (κ3) is 3.00. The van der Waals surface area contributed by atoms with Gasteiger partial charge < -0.3 is 14.5 Å². The summed E-state index contributed by atoms with van der Waals surface area (Å²) in [7, 11) is 1.79. The number of halogens is 1. The largest absolute Gasteiger partial charge is 0.448 e. The normalized spacial score (nSPS) is 25.9. The zero-order chi connectivity index (χ0) is 11.4. The zero-order valence-electron chi connectivity index (χ0n) is 9.54. The van der Waals surface area contributed by atoms with Gasteiger partial charge in [0.1, 0.15) is 5.76 Å². The van der Waals surface area contributed by atoms with Crippen molar-refractivity contribution in [1.29, 1.82) is 0 Å². The SMILES string of the molecule is COC1CCCCC1NCc1ccc(Cl)o1. The maximum absolute atomic E-state index is 5.72. The Balaban J connectivity index is 1.84. The molecule has 0 aliphatic heterocycles. The highest BCUT2D eigenvalue weighted by Gasteiger charge is 2.24. The van der Waals surface area contributed by atoms with Crippen LogP contribution in [0.4, 0.5) is 0 Å². The first kappa shape index (κ1) is 12.0. The van der Waals surface area contributed by atoms with E-state index in [0.29, 0.717) is 17.4 Å². The lowest BCUT2D eigenvalue weighted by molar-refractivity contribution is 0.0407. The number of hydrogen-bond donors (Lipinski definition) is 1. The first-order chi connectivity index (χ1) is 7.79. The van der Waals surface area contributed by atoms with E-state index < -0.39 is 0 Å². The molecule has 4 heteroatoms.